The topological polar surface area (TPSA) is 75.7 Å². The summed E-state index contributed by atoms with van der Waals surface area (Å²) in [5, 5.41) is 2.79. The number of hydrogen-bond acceptors (Lipinski definition) is 4. The molecule has 2 heterocycles. The first-order chi connectivity index (χ1) is 11.1. The number of hydrogen-bond donors (Lipinski definition) is 1. The van der Waals surface area contributed by atoms with Crippen LogP contribution in [-0.2, 0) is 9.53 Å². The summed E-state index contributed by atoms with van der Waals surface area (Å²) in [7, 11) is 0. The van der Waals surface area contributed by atoms with Crippen molar-refractivity contribution < 1.29 is 19.1 Å². The van der Waals surface area contributed by atoms with Gasteiger partial charge in [0.05, 0.1) is 17.2 Å². The highest BCUT2D eigenvalue weighted by atomic mass is 79.9. The fraction of sp³-hybridized carbons (Fsp3) is 0.438. The molecule has 7 heteroatoms. The van der Waals surface area contributed by atoms with Gasteiger partial charge in [-0.15, -0.1) is 0 Å². The average Bonchev–Trinajstić information content (AvgIpc) is 3.12. The minimum atomic E-state index is -0.349. The molecule has 3 amide bonds. The van der Waals surface area contributed by atoms with E-state index in [1.54, 1.807) is 18.2 Å². The molecule has 0 aromatic heterocycles. The van der Waals surface area contributed by atoms with Crippen molar-refractivity contribution in [1.29, 1.82) is 0 Å². The van der Waals surface area contributed by atoms with Gasteiger partial charge in [0.15, 0.2) is 0 Å². The Balaban J connectivity index is 1.53. The predicted molar refractivity (Wildman–Crippen MR) is 86.1 cm³/mol. The molecule has 23 heavy (non-hydrogen) atoms. The van der Waals surface area contributed by atoms with Crippen LogP contribution in [0.4, 0.5) is 0 Å². The molecular formula is C16H17BrN2O4. The molecule has 0 saturated carbocycles. The van der Waals surface area contributed by atoms with Gasteiger partial charge in [0.1, 0.15) is 0 Å². The van der Waals surface area contributed by atoms with E-state index in [1.807, 2.05) is 0 Å². The van der Waals surface area contributed by atoms with Gasteiger partial charge >= 0.3 is 0 Å². The van der Waals surface area contributed by atoms with Gasteiger partial charge in [-0.25, -0.2) is 0 Å². The number of rotatable bonds is 5. The van der Waals surface area contributed by atoms with Crippen LogP contribution in [0.5, 0.6) is 0 Å². The molecule has 1 fully saturated rings. The maximum Gasteiger partial charge on any atom is 0.261 e. The van der Waals surface area contributed by atoms with Crippen LogP contribution < -0.4 is 5.32 Å². The summed E-state index contributed by atoms with van der Waals surface area (Å²) in [6.07, 6.45) is 2.15. The Hall–Kier alpha value is -1.73. The van der Waals surface area contributed by atoms with E-state index in [4.69, 9.17) is 4.74 Å². The van der Waals surface area contributed by atoms with Crippen molar-refractivity contribution >= 4 is 33.7 Å². The Labute approximate surface area is 142 Å². The second kappa shape index (κ2) is 6.80. The van der Waals surface area contributed by atoms with Gasteiger partial charge in [-0.3, -0.25) is 19.3 Å². The summed E-state index contributed by atoms with van der Waals surface area (Å²) in [4.78, 5) is 37.5. The van der Waals surface area contributed by atoms with E-state index in [9.17, 15) is 14.4 Å². The molecule has 0 aliphatic carbocycles. The van der Waals surface area contributed by atoms with Crippen molar-refractivity contribution in [3.8, 4) is 0 Å². The normalized spacial score (nSPS) is 20.0. The van der Waals surface area contributed by atoms with E-state index in [0.717, 1.165) is 28.8 Å². The maximum atomic E-state index is 12.3. The van der Waals surface area contributed by atoms with Crippen LogP contribution in [0.1, 0.15) is 40.0 Å². The van der Waals surface area contributed by atoms with Gasteiger partial charge in [0.25, 0.3) is 11.8 Å². The van der Waals surface area contributed by atoms with Crippen molar-refractivity contribution in [2.75, 3.05) is 19.7 Å². The molecule has 0 radical (unpaired) electrons. The molecular weight excluding hydrogens is 364 g/mol. The highest BCUT2D eigenvalue weighted by Crippen LogP contribution is 2.26. The molecule has 1 aromatic rings. The summed E-state index contributed by atoms with van der Waals surface area (Å²) in [6, 6.07) is 4.98. The van der Waals surface area contributed by atoms with Crippen LogP contribution >= 0.6 is 15.9 Å². The second-order valence-corrected chi connectivity index (χ2v) is 6.56. The van der Waals surface area contributed by atoms with Crippen molar-refractivity contribution in [2.45, 2.75) is 25.4 Å². The number of carbonyl (C=O) groups is 3. The number of fused-ring (bicyclic) bond motifs is 1. The number of imide groups is 1. The molecule has 6 nitrogen and oxygen atoms in total. The van der Waals surface area contributed by atoms with Gasteiger partial charge in [0.2, 0.25) is 5.91 Å². The quantitative estimate of drug-likeness (QED) is 0.789. The van der Waals surface area contributed by atoms with Crippen LogP contribution in [-0.4, -0.2) is 48.4 Å². The maximum absolute atomic E-state index is 12.3. The lowest BCUT2D eigenvalue weighted by Crippen LogP contribution is -2.36. The number of ether oxygens (including phenoxy) is 1. The molecule has 122 valence electrons. The van der Waals surface area contributed by atoms with Gasteiger partial charge in [-0.05, 0) is 31.0 Å². The minimum Gasteiger partial charge on any atom is -0.376 e. The van der Waals surface area contributed by atoms with Crippen LogP contribution in [0.2, 0.25) is 0 Å². The molecule has 1 unspecified atom stereocenters. The number of amides is 3. The summed E-state index contributed by atoms with van der Waals surface area (Å²) >= 11 is 3.29. The van der Waals surface area contributed by atoms with Gasteiger partial charge < -0.3 is 10.1 Å². The number of halogens is 1. The summed E-state index contributed by atoms with van der Waals surface area (Å²) in [5.41, 5.74) is 0.766. The molecule has 3 rings (SSSR count). The third kappa shape index (κ3) is 3.45. The molecule has 1 atom stereocenters. The number of carbonyl (C=O) groups excluding carboxylic acids is 3. The van der Waals surface area contributed by atoms with Gasteiger partial charge in [-0.1, -0.05) is 15.9 Å². The lowest BCUT2D eigenvalue weighted by molar-refractivity contribution is -0.121. The summed E-state index contributed by atoms with van der Waals surface area (Å²) < 4.78 is 6.18. The van der Waals surface area contributed by atoms with E-state index in [2.05, 4.69) is 21.2 Å². The van der Waals surface area contributed by atoms with E-state index in [-0.39, 0.29) is 36.8 Å². The van der Waals surface area contributed by atoms with Crippen molar-refractivity contribution in [3.63, 3.8) is 0 Å². The first kappa shape index (κ1) is 16.1. The lowest BCUT2D eigenvalue weighted by atomic mass is 10.1. The third-order valence-electron chi connectivity index (χ3n) is 4.05. The number of nitrogens with one attached hydrogen (secondary N) is 1. The number of nitrogens with zero attached hydrogens (tertiary/aromatic N) is 1. The fourth-order valence-corrected chi connectivity index (χ4v) is 3.16. The van der Waals surface area contributed by atoms with Crippen LogP contribution in [0.15, 0.2) is 22.7 Å². The Morgan fingerprint density at radius 3 is 2.83 bits per heavy atom. The highest BCUT2D eigenvalue weighted by Gasteiger charge is 2.35. The van der Waals surface area contributed by atoms with Crippen molar-refractivity contribution in [3.05, 3.63) is 33.8 Å². The molecule has 1 aromatic carbocycles. The first-order valence-electron chi connectivity index (χ1n) is 7.60. The lowest BCUT2D eigenvalue weighted by Gasteiger charge is -2.14. The summed E-state index contributed by atoms with van der Waals surface area (Å²) in [5.74, 6) is -0.874. The zero-order valence-electron chi connectivity index (χ0n) is 12.5. The molecule has 0 bridgehead atoms. The predicted octanol–water partition coefficient (Wildman–Crippen LogP) is 1.73. The smallest absolute Gasteiger partial charge is 0.261 e. The molecule has 2 aliphatic rings. The second-order valence-electron chi connectivity index (χ2n) is 5.64. The van der Waals surface area contributed by atoms with Crippen molar-refractivity contribution in [2.24, 2.45) is 0 Å². The standard InChI is InChI=1S/C16H17BrN2O4/c17-10-3-4-12-13(8-10)16(22)19(15(12)21)6-5-14(20)18-9-11-2-1-7-23-11/h3-4,8,11H,1-2,5-7,9H2,(H,18,20). The monoisotopic (exact) mass is 380 g/mol. The minimum absolute atomic E-state index is 0.0793. The Bertz CT molecular complexity index is 655. The summed E-state index contributed by atoms with van der Waals surface area (Å²) in [6.45, 7) is 1.31. The average molecular weight is 381 g/mol. The van der Waals surface area contributed by atoms with Gasteiger partial charge in [0, 0.05) is 30.6 Å². The van der Waals surface area contributed by atoms with E-state index in [1.165, 1.54) is 0 Å². The highest BCUT2D eigenvalue weighted by molar-refractivity contribution is 9.10. The Kier molecular flexibility index (Phi) is 4.77. The zero-order valence-corrected chi connectivity index (χ0v) is 14.1. The van der Waals surface area contributed by atoms with Crippen LogP contribution in [0.25, 0.3) is 0 Å². The van der Waals surface area contributed by atoms with E-state index < -0.39 is 0 Å². The molecule has 1 saturated heterocycles. The molecule has 1 N–H and O–H groups in total. The van der Waals surface area contributed by atoms with E-state index in [0.29, 0.717) is 17.7 Å². The Morgan fingerprint density at radius 1 is 1.30 bits per heavy atom. The van der Waals surface area contributed by atoms with Crippen LogP contribution in [0, 0.1) is 0 Å². The largest absolute Gasteiger partial charge is 0.376 e. The molecule has 0 spiro atoms. The fourth-order valence-electron chi connectivity index (χ4n) is 2.80. The Morgan fingerprint density at radius 2 is 2.09 bits per heavy atom. The zero-order chi connectivity index (χ0) is 16.4. The van der Waals surface area contributed by atoms with Gasteiger partial charge in [-0.2, -0.15) is 0 Å². The van der Waals surface area contributed by atoms with E-state index >= 15 is 0 Å². The molecule has 2 aliphatic heterocycles. The SMILES string of the molecule is O=C(CCN1C(=O)c2ccc(Br)cc2C1=O)NCC1CCCO1. The van der Waals surface area contributed by atoms with Crippen LogP contribution in [0.3, 0.4) is 0 Å². The van der Waals surface area contributed by atoms with Crippen molar-refractivity contribution in [1.82, 2.24) is 10.2 Å². The third-order valence-corrected chi connectivity index (χ3v) is 4.54. The number of benzene rings is 1. The first-order valence-corrected chi connectivity index (χ1v) is 8.39.